The van der Waals surface area contributed by atoms with E-state index in [1.807, 2.05) is 0 Å². The zero-order chi connectivity index (χ0) is 13.1. The summed E-state index contributed by atoms with van der Waals surface area (Å²) >= 11 is 23.0. The SMILES string of the molecule is Clc1ccc(NNc2nc(Cl)nc(Cl)n2)c(Cl)c1. The monoisotopic (exact) mass is 323 g/mol. The van der Waals surface area contributed by atoms with Crippen LogP contribution in [-0.2, 0) is 0 Å². The highest BCUT2D eigenvalue weighted by Gasteiger charge is 2.04. The van der Waals surface area contributed by atoms with E-state index >= 15 is 0 Å². The van der Waals surface area contributed by atoms with Crippen LogP contribution < -0.4 is 10.9 Å². The van der Waals surface area contributed by atoms with E-state index in [9.17, 15) is 0 Å². The first-order valence-corrected chi connectivity index (χ1v) is 6.10. The molecule has 0 spiro atoms. The van der Waals surface area contributed by atoms with Gasteiger partial charge in [0, 0.05) is 5.02 Å². The lowest BCUT2D eigenvalue weighted by Gasteiger charge is -2.09. The number of benzene rings is 1. The van der Waals surface area contributed by atoms with E-state index in [4.69, 9.17) is 46.4 Å². The van der Waals surface area contributed by atoms with Crippen LogP contribution >= 0.6 is 46.4 Å². The Morgan fingerprint density at radius 3 is 2.11 bits per heavy atom. The molecule has 0 aliphatic carbocycles. The lowest BCUT2D eigenvalue weighted by Crippen LogP contribution is -2.12. The minimum Gasteiger partial charge on any atom is -0.297 e. The third kappa shape index (κ3) is 3.49. The minimum atomic E-state index is -0.0125. The van der Waals surface area contributed by atoms with E-state index in [1.165, 1.54) is 0 Å². The van der Waals surface area contributed by atoms with Crippen molar-refractivity contribution in [1.82, 2.24) is 15.0 Å². The molecule has 9 heteroatoms. The number of hydrogen-bond donors (Lipinski definition) is 2. The van der Waals surface area contributed by atoms with Gasteiger partial charge in [-0.3, -0.25) is 10.9 Å². The molecule has 5 nitrogen and oxygen atoms in total. The third-order valence-electron chi connectivity index (χ3n) is 1.82. The topological polar surface area (TPSA) is 62.7 Å². The zero-order valence-corrected chi connectivity index (χ0v) is 11.6. The molecular formula is C9H5Cl4N5. The van der Waals surface area contributed by atoms with E-state index < -0.39 is 0 Å². The second kappa shape index (κ2) is 5.75. The van der Waals surface area contributed by atoms with Crippen molar-refractivity contribution in [1.29, 1.82) is 0 Å². The molecule has 1 heterocycles. The van der Waals surface area contributed by atoms with Crippen molar-refractivity contribution in [2.45, 2.75) is 0 Å². The fraction of sp³-hybridized carbons (Fsp3) is 0. The molecule has 0 saturated heterocycles. The molecule has 1 aromatic heterocycles. The first-order valence-electron chi connectivity index (χ1n) is 4.59. The van der Waals surface area contributed by atoms with Crippen molar-refractivity contribution in [3.8, 4) is 0 Å². The molecule has 18 heavy (non-hydrogen) atoms. The zero-order valence-electron chi connectivity index (χ0n) is 8.59. The summed E-state index contributed by atoms with van der Waals surface area (Å²) in [7, 11) is 0. The Bertz CT molecular complexity index is 557. The minimum absolute atomic E-state index is 0.0125. The second-order valence-corrected chi connectivity index (χ2v) is 4.59. The quantitative estimate of drug-likeness (QED) is 0.838. The van der Waals surface area contributed by atoms with E-state index in [0.29, 0.717) is 15.7 Å². The molecule has 2 aromatic rings. The molecule has 0 aliphatic rings. The molecule has 2 N–H and O–H groups in total. The first kappa shape index (κ1) is 13.4. The van der Waals surface area contributed by atoms with Gasteiger partial charge >= 0.3 is 0 Å². The van der Waals surface area contributed by atoms with Crippen LogP contribution in [0.15, 0.2) is 18.2 Å². The molecule has 0 fully saturated rings. The maximum atomic E-state index is 5.97. The summed E-state index contributed by atoms with van der Waals surface area (Å²) in [6.07, 6.45) is 0. The number of hydrazine groups is 1. The Morgan fingerprint density at radius 2 is 1.50 bits per heavy atom. The van der Waals surface area contributed by atoms with Gasteiger partial charge in [-0.2, -0.15) is 15.0 Å². The Labute approximate surface area is 122 Å². The van der Waals surface area contributed by atoms with Gasteiger partial charge in [0.25, 0.3) is 0 Å². The maximum Gasteiger partial charge on any atom is 0.247 e. The van der Waals surface area contributed by atoms with Crippen molar-refractivity contribution in [3.05, 3.63) is 38.8 Å². The summed E-state index contributed by atoms with van der Waals surface area (Å²) in [5.74, 6) is 0.172. The molecule has 0 bridgehead atoms. The summed E-state index contributed by atoms with van der Waals surface area (Å²) in [5, 5.41) is 0.959. The average Bonchev–Trinajstić information content (AvgIpc) is 2.26. The summed E-state index contributed by atoms with van der Waals surface area (Å²) in [4.78, 5) is 11.2. The second-order valence-electron chi connectivity index (χ2n) is 3.07. The van der Waals surface area contributed by atoms with Crippen LogP contribution in [0.25, 0.3) is 0 Å². The standard InChI is InChI=1S/C9H5Cl4N5/c10-4-1-2-6(5(11)3-4)17-18-9-15-7(12)14-8(13)16-9/h1-3,17H,(H,14,15,16,18). The molecule has 0 aliphatic heterocycles. The smallest absolute Gasteiger partial charge is 0.247 e. The van der Waals surface area contributed by atoms with Gasteiger partial charge in [0.2, 0.25) is 16.5 Å². The lowest BCUT2D eigenvalue weighted by atomic mass is 10.3. The largest absolute Gasteiger partial charge is 0.297 e. The molecular weight excluding hydrogens is 320 g/mol. The van der Waals surface area contributed by atoms with E-state index in [1.54, 1.807) is 18.2 Å². The van der Waals surface area contributed by atoms with Crippen LogP contribution in [-0.4, -0.2) is 15.0 Å². The van der Waals surface area contributed by atoms with Crippen LogP contribution in [0.5, 0.6) is 0 Å². The van der Waals surface area contributed by atoms with Crippen molar-refractivity contribution in [2.75, 3.05) is 10.9 Å². The summed E-state index contributed by atoms with van der Waals surface area (Å²) < 4.78 is 0. The molecule has 0 saturated carbocycles. The number of halogens is 4. The predicted octanol–water partition coefficient (Wildman–Crippen LogP) is 3.92. The van der Waals surface area contributed by atoms with Crippen molar-refractivity contribution >= 4 is 58.0 Å². The van der Waals surface area contributed by atoms with Crippen molar-refractivity contribution < 1.29 is 0 Å². The van der Waals surface area contributed by atoms with Gasteiger partial charge in [-0.05, 0) is 41.4 Å². The molecule has 94 valence electrons. The van der Waals surface area contributed by atoms with Gasteiger partial charge in [-0.25, -0.2) is 0 Å². The van der Waals surface area contributed by atoms with Crippen LogP contribution in [0.4, 0.5) is 11.6 Å². The van der Waals surface area contributed by atoms with Gasteiger partial charge in [-0.1, -0.05) is 23.2 Å². The fourth-order valence-corrected chi connectivity index (χ4v) is 1.92. The van der Waals surface area contributed by atoms with Crippen LogP contribution in [0.3, 0.4) is 0 Å². The molecule has 2 rings (SSSR count). The highest BCUT2D eigenvalue weighted by molar-refractivity contribution is 6.36. The van der Waals surface area contributed by atoms with Gasteiger partial charge < -0.3 is 0 Å². The number of rotatable bonds is 3. The summed E-state index contributed by atoms with van der Waals surface area (Å²) in [5.41, 5.74) is 6.10. The highest BCUT2D eigenvalue weighted by atomic mass is 35.5. The molecule has 0 amide bonds. The van der Waals surface area contributed by atoms with Crippen molar-refractivity contribution in [3.63, 3.8) is 0 Å². The van der Waals surface area contributed by atoms with Crippen molar-refractivity contribution in [2.24, 2.45) is 0 Å². The van der Waals surface area contributed by atoms with Crippen LogP contribution in [0.2, 0.25) is 20.6 Å². The van der Waals surface area contributed by atoms with Gasteiger partial charge in [0.1, 0.15) is 0 Å². The van der Waals surface area contributed by atoms with Gasteiger partial charge in [0.15, 0.2) is 0 Å². The van der Waals surface area contributed by atoms with Crippen LogP contribution in [0.1, 0.15) is 0 Å². The Balaban J connectivity index is 2.11. The number of aromatic nitrogens is 3. The Morgan fingerprint density at radius 1 is 0.833 bits per heavy atom. The summed E-state index contributed by atoms with van der Waals surface area (Å²) in [6.45, 7) is 0. The molecule has 0 unspecified atom stereocenters. The van der Waals surface area contributed by atoms with E-state index in [0.717, 1.165) is 0 Å². The number of hydrogen-bond acceptors (Lipinski definition) is 5. The van der Waals surface area contributed by atoms with E-state index in [-0.39, 0.29) is 16.5 Å². The highest BCUT2D eigenvalue weighted by Crippen LogP contribution is 2.25. The van der Waals surface area contributed by atoms with Gasteiger partial charge in [0.05, 0.1) is 10.7 Å². The molecule has 1 aromatic carbocycles. The average molecular weight is 325 g/mol. The summed E-state index contributed by atoms with van der Waals surface area (Å²) in [6, 6.07) is 4.98. The predicted molar refractivity (Wildman–Crippen MR) is 73.6 cm³/mol. The number of anilines is 2. The fourth-order valence-electron chi connectivity index (χ4n) is 1.10. The number of nitrogens with zero attached hydrogens (tertiary/aromatic N) is 3. The lowest BCUT2D eigenvalue weighted by molar-refractivity contribution is 1.04. The maximum absolute atomic E-state index is 5.97. The molecule has 0 radical (unpaired) electrons. The van der Waals surface area contributed by atoms with Crippen LogP contribution in [0, 0.1) is 0 Å². The normalized spacial score (nSPS) is 10.2. The first-order chi connectivity index (χ1) is 8.54. The van der Waals surface area contributed by atoms with E-state index in [2.05, 4.69) is 25.8 Å². The third-order valence-corrected chi connectivity index (χ3v) is 2.71. The molecule has 0 atom stereocenters. The number of nitrogens with one attached hydrogen (secondary N) is 2. The van der Waals surface area contributed by atoms with Gasteiger partial charge in [-0.15, -0.1) is 0 Å². The Kier molecular flexibility index (Phi) is 4.29. The Hall–Kier alpha value is -1.01.